The van der Waals surface area contributed by atoms with Gasteiger partial charge in [-0.2, -0.15) is 0 Å². The van der Waals surface area contributed by atoms with Gasteiger partial charge >= 0.3 is 0 Å². The number of nitrogen functional groups attached to an aromatic ring is 2. The summed E-state index contributed by atoms with van der Waals surface area (Å²) in [6, 6.07) is 9.58. The van der Waals surface area contributed by atoms with E-state index in [2.05, 4.69) is 25.9 Å². The quantitative estimate of drug-likeness (QED) is 0.774. The molecule has 76 valence electrons. The number of halogens is 1. The second-order valence-electron chi connectivity index (χ2n) is 3.00. The Labute approximate surface area is 95.5 Å². The Hall–Kier alpha value is -1.62. The van der Waals surface area contributed by atoms with Crippen LogP contribution in [-0.2, 0) is 0 Å². The van der Waals surface area contributed by atoms with Gasteiger partial charge in [0.15, 0.2) is 0 Å². The van der Waals surface area contributed by atoms with Crippen LogP contribution in [0, 0.1) is 0 Å². The van der Waals surface area contributed by atoms with Gasteiger partial charge in [-0.3, -0.25) is 0 Å². The molecule has 1 heterocycles. The maximum Gasteiger partial charge on any atom is 0.200 e. The van der Waals surface area contributed by atoms with Gasteiger partial charge in [0, 0.05) is 0 Å². The largest absolute Gasteiger partial charge is 0.383 e. The van der Waals surface area contributed by atoms with Crippen molar-refractivity contribution in [3.8, 4) is 11.1 Å². The van der Waals surface area contributed by atoms with Gasteiger partial charge in [-0.05, 0) is 21.5 Å². The summed E-state index contributed by atoms with van der Waals surface area (Å²) in [7, 11) is 0. The highest BCUT2D eigenvalue weighted by Gasteiger charge is 2.10. The van der Waals surface area contributed by atoms with Gasteiger partial charge in [0.2, 0.25) is 4.73 Å². The van der Waals surface area contributed by atoms with Crippen LogP contribution >= 0.6 is 15.9 Å². The molecular weight excluding hydrogens is 256 g/mol. The molecule has 0 saturated heterocycles. The zero-order valence-electron chi connectivity index (χ0n) is 7.81. The second-order valence-corrected chi connectivity index (χ2v) is 3.71. The molecule has 4 N–H and O–H groups in total. The number of benzene rings is 1. The molecule has 1 aromatic heterocycles. The van der Waals surface area contributed by atoms with E-state index < -0.39 is 0 Å². The van der Waals surface area contributed by atoms with Gasteiger partial charge in [-0.15, -0.1) is 0 Å². The molecule has 2 rings (SSSR count). The minimum Gasteiger partial charge on any atom is -0.383 e. The van der Waals surface area contributed by atoms with Crippen molar-refractivity contribution in [1.29, 1.82) is 0 Å². The number of hydrogen-bond donors (Lipinski definition) is 2. The van der Waals surface area contributed by atoms with Crippen LogP contribution in [0.1, 0.15) is 0 Å². The number of nitrogens with zero attached hydrogens (tertiary/aromatic N) is 2. The van der Waals surface area contributed by atoms with Gasteiger partial charge < -0.3 is 11.5 Å². The lowest BCUT2D eigenvalue weighted by molar-refractivity contribution is 1.13. The van der Waals surface area contributed by atoms with Crippen molar-refractivity contribution in [2.45, 2.75) is 0 Å². The van der Waals surface area contributed by atoms with Crippen LogP contribution < -0.4 is 11.5 Å². The van der Waals surface area contributed by atoms with Gasteiger partial charge in [-0.1, -0.05) is 30.3 Å². The van der Waals surface area contributed by atoms with Crippen molar-refractivity contribution in [2.75, 3.05) is 11.5 Å². The molecule has 0 saturated carbocycles. The average Bonchev–Trinajstić information content (AvgIpc) is 2.17. The van der Waals surface area contributed by atoms with Crippen LogP contribution in [0.4, 0.5) is 11.6 Å². The summed E-state index contributed by atoms with van der Waals surface area (Å²) >= 11 is 3.14. The van der Waals surface area contributed by atoms with Crippen molar-refractivity contribution in [1.82, 2.24) is 9.97 Å². The smallest absolute Gasteiger partial charge is 0.200 e. The maximum absolute atomic E-state index is 5.79. The van der Waals surface area contributed by atoms with E-state index in [1.165, 1.54) is 0 Å². The first-order valence-corrected chi connectivity index (χ1v) is 5.11. The SMILES string of the molecule is Nc1nc(Br)nc(N)c1-c1ccccc1. The Balaban J connectivity index is 2.64. The lowest BCUT2D eigenvalue weighted by Gasteiger charge is -2.07. The summed E-state index contributed by atoms with van der Waals surface area (Å²) < 4.78 is 0.400. The fraction of sp³-hybridized carbons (Fsp3) is 0. The second kappa shape index (κ2) is 3.86. The maximum atomic E-state index is 5.79. The highest BCUT2D eigenvalue weighted by Crippen LogP contribution is 2.29. The third-order valence-corrected chi connectivity index (χ3v) is 2.35. The van der Waals surface area contributed by atoms with Gasteiger partial charge in [-0.25, -0.2) is 9.97 Å². The molecule has 0 unspecified atom stereocenters. The van der Waals surface area contributed by atoms with Gasteiger partial charge in [0.25, 0.3) is 0 Å². The van der Waals surface area contributed by atoms with Crippen LogP contribution in [0.2, 0.25) is 0 Å². The van der Waals surface area contributed by atoms with Gasteiger partial charge in [0.1, 0.15) is 11.6 Å². The minimum absolute atomic E-state index is 0.376. The Morgan fingerprint density at radius 2 is 1.47 bits per heavy atom. The Morgan fingerprint density at radius 3 is 2.00 bits per heavy atom. The monoisotopic (exact) mass is 264 g/mol. The first-order valence-electron chi connectivity index (χ1n) is 4.32. The molecule has 0 atom stereocenters. The predicted octanol–water partition coefficient (Wildman–Crippen LogP) is 2.07. The van der Waals surface area contributed by atoms with Gasteiger partial charge in [0.05, 0.1) is 5.56 Å². The lowest BCUT2D eigenvalue weighted by atomic mass is 10.1. The van der Waals surface area contributed by atoms with E-state index in [1.807, 2.05) is 30.3 Å². The van der Waals surface area contributed by atoms with Crippen LogP contribution in [0.5, 0.6) is 0 Å². The van der Waals surface area contributed by atoms with E-state index in [1.54, 1.807) is 0 Å². The van der Waals surface area contributed by atoms with Crippen LogP contribution in [0.25, 0.3) is 11.1 Å². The molecule has 0 spiro atoms. The van der Waals surface area contributed by atoms with Crippen LogP contribution in [0.3, 0.4) is 0 Å². The number of aromatic nitrogens is 2. The van der Waals surface area contributed by atoms with Crippen molar-refractivity contribution in [2.24, 2.45) is 0 Å². The third kappa shape index (κ3) is 1.92. The van der Waals surface area contributed by atoms with Crippen molar-refractivity contribution < 1.29 is 0 Å². The van der Waals surface area contributed by atoms with E-state index in [-0.39, 0.29) is 0 Å². The highest BCUT2D eigenvalue weighted by molar-refractivity contribution is 9.10. The summed E-state index contributed by atoms with van der Waals surface area (Å²) in [6.45, 7) is 0. The molecule has 4 nitrogen and oxygen atoms in total. The highest BCUT2D eigenvalue weighted by atomic mass is 79.9. The molecule has 0 amide bonds. The first kappa shape index (κ1) is 9.92. The summed E-state index contributed by atoms with van der Waals surface area (Å²) in [4.78, 5) is 8.03. The molecule has 15 heavy (non-hydrogen) atoms. The van der Waals surface area contributed by atoms with E-state index in [0.717, 1.165) is 5.56 Å². The summed E-state index contributed by atoms with van der Waals surface area (Å²) in [6.07, 6.45) is 0. The van der Waals surface area contributed by atoms with Crippen molar-refractivity contribution >= 4 is 27.6 Å². The summed E-state index contributed by atoms with van der Waals surface area (Å²) in [5.41, 5.74) is 13.2. The fourth-order valence-electron chi connectivity index (χ4n) is 1.37. The molecule has 2 aromatic rings. The van der Waals surface area contributed by atoms with Crippen molar-refractivity contribution in [3.05, 3.63) is 35.1 Å². The third-order valence-electron chi connectivity index (χ3n) is 2.00. The first-order chi connectivity index (χ1) is 7.18. The normalized spacial score (nSPS) is 10.2. The molecule has 0 aliphatic rings. The van der Waals surface area contributed by atoms with E-state index in [4.69, 9.17) is 11.5 Å². The molecule has 0 bridgehead atoms. The van der Waals surface area contributed by atoms with Crippen LogP contribution in [-0.4, -0.2) is 9.97 Å². The molecule has 0 aliphatic carbocycles. The molecule has 5 heteroatoms. The molecule has 1 aromatic carbocycles. The average molecular weight is 265 g/mol. The number of rotatable bonds is 1. The molecule has 0 aliphatic heterocycles. The topological polar surface area (TPSA) is 77.8 Å². The zero-order valence-corrected chi connectivity index (χ0v) is 9.40. The zero-order chi connectivity index (χ0) is 10.8. The van der Waals surface area contributed by atoms with E-state index >= 15 is 0 Å². The number of hydrogen-bond acceptors (Lipinski definition) is 4. The summed E-state index contributed by atoms with van der Waals surface area (Å²) in [5, 5.41) is 0. The summed E-state index contributed by atoms with van der Waals surface area (Å²) in [5.74, 6) is 0.751. The Bertz CT molecular complexity index is 461. The standard InChI is InChI=1S/C10H9BrN4/c11-10-14-8(12)7(9(13)15-10)6-4-2-1-3-5-6/h1-5H,(H4,12,13,14,15). The van der Waals surface area contributed by atoms with E-state index in [9.17, 15) is 0 Å². The van der Waals surface area contributed by atoms with Crippen molar-refractivity contribution in [3.63, 3.8) is 0 Å². The Kier molecular flexibility index (Phi) is 2.55. The predicted molar refractivity (Wildman–Crippen MR) is 64.0 cm³/mol. The number of anilines is 2. The van der Waals surface area contributed by atoms with E-state index in [0.29, 0.717) is 21.9 Å². The number of nitrogens with two attached hydrogens (primary N) is 2. The molecule has 0 radical (unpaired) electrons. The Morgan fingerprint density at radius 1 is 0.933 bits per heavy atom. The lowest BCUT2D eigenvalue weighted by Crippen LogP contribution is -2.02. The fourth-order valence-corrected chi connectivity index (χ4v) is 1.75. The minimum atomic E-state index is 0.376. The van der Waals surface area contributed by atoms with Crippen LogP contribution in [0.15, 0.2) is 35.1 Å². The molecule has 0 fully saturated rings. The molecular formula is C10H9BrN4.